The Labute approximate surface area is 106 Å². The number of carbonyl (C=O) groups is 1. The lowest BCUT2D eigenvalue weighted by molar-refractivity contribution is 0.103. The van der Waals surface area contributed by atoms with Crippen molar-refractivity contribution in [1.29, 1.82) is 0 Å². The van der Waals surface area contributed by atoms with Gasteiger partial charge in [-0.15, -0.1) is 24.0 Å². The fourth-order valence-corrected chi connectivity index (χ4v) is 1.35. The van der Waals surface area contributed by atoms with E-state index in [-0.39, 0.29) is 29.8 Å². The lowest BCUT2D eigenvalue weighted by Crippen LogP contribution is -1.99. The normalized spacial score (nSPS) is 9.07. The average Bonchev–Trinajstić information content (AvgIpc) is 2.30. The Bertz CT molecular complexity index is 381. The molecule has 0 fully saturated rings. The number of hydrogen-bond donors (Lipinski definition) is 0. The zero-order valence-corrected chi connectivity index (χ0v) is 10.4. The van der Waals surface area contributed by atoms with Gasteiger partial charge in [-0.05, 0) is 0 Å². The number of ketones is 1. The van der Waals surface area contributed by atoms with Crippen LogP contribution in [-0.2, 0) is 0 Å². The minimum absolute atomic E-state index is 0. The lowest BCUT2D eigenvalue weighted by Gasteiger charge is -1.99. The topological polar surface area (TPSA) is 17.1 Å². The van der Waals surface area contributed by atoms with Crippen molar-refractivity contribution < 1.29 is 4.79 Å². The Kier molecular flexibility index (Phi) is 4.49. The molecule has 0 heterocycles. The van der Waals surface area contributed by atoms with Gasteiger partial charge >= 0.3 is 0 Å². The van der Waals surface area contributed by atoms with Crippen molar-refractivity contribution in [2.45, 2.75) is 0 Å². The molecule has 0 unspecified atom stereocenters. The second kappa shape index (κ2) is 5.66. The second-order valence-electron chi connectivity index (χ2n) is 3.06. The van der Waals surface area contributed by atoms with Crippen LogP contribution in [0.2, 0.25) is 0 Å². The van der Waals surface area contributed by atoms with Gasteiger partial charge in [-0.1, -0.05) is 60.7 Å². The molecule has 0 atom stereocenters. The summed E-state index contributed by atoms with van der Waals surface area (Å²) in [5.74, 6) is 0.0752. The Morgan fingerprint density at radius 3 is 1.33 bits per heavy atom. The Balaban J connectivity index is 0.00000112. The van der Waals surface area contributed by atoms with Crippen LogP contribution in [-0.4, -0.2) is 5.78 Å². The Hall–Kier alpha value is -1.16. The van der Waals surface area contributed by atoms with E-state index in [9.17, 15) is 4.79 Å². The summed E-state index contributed by atoms with van der Waals surface area (Å²) >= 11 is 0. The summed E-state index contributed by atoms with van der Waals surface area (Å²) in [6, 6.07) is 18.6. The summed E-state index contributed by atoms with van der Waals surface area (Å²) in [6.07, 6.45) is 0. The Morgan fingerprint density at radius 1 is 0.667 bits per heavy atom. The number of carbonyl (C=O) groups excluding carboxylic acids is 1. The van der Waals surface area contributed by atoms with Crippen LogP contribution in [0.3, 0.4) is 0 Å². The molecule has 0 spiro atoms. The van der Waals surface area contributed by atoms with E-state index in [4.69, 9.17) is 0 Å². The van der Waals surface area contributed by atoms with Gasteiger partial charge in [-0.3, -0.25) is 4.79 Å². The predicted molar refractivity (Wildman–Crippen MR) is 71.7 cm³/mol. The number of hydrogen-bond acceptors (Lipinski definition) is 1. The summed E-state index contributed by atoms with van der Waals surface area (Å²) in [5.41, 5.74) is 1.47. The van der Waals surface area contributed by atoms with Crippen molar-refractivity contribution in [3.8, 4) is 0 Å². The monoisotopic (exact) mass is 310 g/mol. The quantitative estimate of drug-likeness (QED) is 0.612. The van der Waals surface area contributed by atoms with E-state index in [1.807, 2.05) is 60.7 Å². The van der Waals surface area contributed by atoms with Crippen molar-refractivity contribution in [2.24, 2.45) is 0 Å². The smallest absolute Gasteiger partial charge is 0.193 e. The summed E-state index contributed by atoms with van der Waals surface area (Å²) in [5, 5.41) is 0. The van der Waals surface area contributed by atoms with Gasteiger partial charge in [-0.2, -0.15) is 0 Å². The van der Waals surface area contributed by atoms with Crippen LogP contribution in [0.4, 0.5) is 0 Å². The van der Waals surface area contributed by atoms with Gasteiger partial charge in [0, 0.05) is 11.1 Å². The average molecular weight is 310 g/mol. The zero-order valence-electron chi connectivity index (χ0n) is 8.09. The highest BCUT2D eigenvalue weighted by Crippen LogP contribution is 2.08. The van der Waals surface area contributed by atoms with Crippen LogP contribution < -0.4 is 0 Å². The molecule has 2 heteroatoms. The fraction of sp³-hybridized carbons (Fsp3) is 0. The molecular weight excluding hydrogens is 299 g/mol. The highest BCUT2D eigenvalue weighted by atomic mass is 127. The van der Waals surface area contributed by atoms with Crippen molar-refractivity contribution in [2.75, 3.05) is 0 Å². The standard InChI is InChI=1S/C13H10O.HI/c14-13(11-7-3-1-4-8-11)12-9-5-2-6-10-12;/h1-10H;1H. The lowest BCUT2D eigenvalue weighted by atomic mass is 10.0. The summed E-state index contributed by atoms with van der Waals surface area (Å²) < 4.78 is 0. The van der Waals surface area contributed by atoms with Gasteiger partial charge in [0.25, 0.3) is 0 Å². The maximum Gasteiger partial charge on any atom is 0.193 e. The molecule has 0 saturated heterocycles. The molecule has 0 bridgehead atoms. The maximum atomic E-state index is 11.8. The van der Waals surface area contributed by atoms with Crippen LogP contribution in [0.15, 0.2) is 60.7 Å². The minimum Gasteiger partial charge on any atom is -0.289 e. The van der Waals surface area contributed by atoms with Crippen LogP contribution in [0, 0.1) is 0 Å². The van der Waals surface area contributed by atoms with E-state index >= 15 is 0 Å². The van der Waals surface area contributed by atoms with E-state index < -0.39 is 0 Å². The third-order valence-corrected chi connectivity index (χ3v) is 2.07. The molecule has 2 aromatic rings. The first kappa shape index (κ1) is 11.9. The predicted octanol–water partition coefficient (Wildman–Crippen LogP) is 3.54. The first-order chi connectivity index (χ1) is 6.88. The zero-order chi connectivity index (χ0) is 9.80. The van der Waals surface area contributed by atoms with Gasteiger partial charge < -0.3 is 0 Å². The first-order valence-corrected chi connectivity index (χ1v) is 4.53. The molecular formula is C13H11IO. The molecule has 2 rings (SSSR count). The minimum atomic E-state index is 0. The first-order valence-electron chi connectivity index (χ1n) is 4.53. The van der Waals surface area contributed by atoms with Gasteiger partial charge in [0.15, 0.2) is 5.78 Å². The molecule has 0 aliphatic carbocycles. The molecule has 2 aromatic carbocycles. The van der Waals surface area contributed by atoms with E-state index in [1.54, 1.807) is 0 Å². The highest BCUT2D eigenvalue weighted by molar-refractivity contribution is 14.0. The van der Waals surface area contributed by atoms with E-state index in [0.29, 0.717) is 0 Å². The van der Waals surface area contributed by atoms with Crippen LogP contribution >= 0.6 is 24.0 Å². The summed E-state index contributed by atoms with van der Waals surface area (Å²) in [6.45, 7) is 0. The van der Waals surface area contributed by atoms with Crippen LogP contribution in [0.5, 0.6) is 0 Å². The molecule has 0 aliphatic rings. The van der Waals surface area contributed by atoms with Gasteiger partial charge in [0.1, 0.15) is 0 Å². The highest BCUT2D eigenvalue weighted by Gasteiger charge is 2.06. The van der Waals surface area contributed by atoms with E-state index in [1.165, 1.54) is 0 Å². The van der Waals surface area contributed by atoms with Crippen LogP contribution in [0.25, 0.3) is 0 Å². The SMILES string of the molecule is I.O=C(c1ccccc1)c1ccccc1. The summed E-state index contributed by atoms with van der Waals surface area (Å²) in [7, 11) is 0. The maximum absolute atomic E-state index is 11.8. The van der Waals surface area contributed by atoms with Gasteiger partial charge in [0.2, 0.25) is 0 Å². The van der Waals surface area contributed by atoms with Crippen molar-refractivity contribution in [3.05, 3.63) is 71.8 Å². The molecule has 0 radical (unpaired) electrons. The third kappa shape index (κ3) is 2.89. The second-order valence-corrected chi connectivity index (χ2v) is 3.06. The van der Waals surface area contributed by atoms with Gasteiger partial charge in [-0.25, -0.2) is 0 Å². The number of benzene rings is 2. The van der Waals surface area contributed by atoms with E-state index in [0.717, 1.165) is 11.1 Å². The fourth-order valence-electron chi connectivity index (χ4n) is 1.35. The van der Waals surface area contributed by atoms with E-state index in [2.05, 4.69) is 0 Å². The van der Waals surface area contributed by atoms with Crippen molar-refractivity contribution in [1.82, 2.24) is 0 Å². The third-order valence-electron chi connectivity index (χ3n) is 2.07. The largest absolute Gasteiger partial charge is 0.289 e. The molecule has 0 aliphatic heterocycles. The molecule has 15 heavy (non-hydrogen) atoms. The van der Waals surface area contributed by atoms with Crippen LogP contribution in [0.1, 0.15) is 15.9 Å². The molecule has 0 aromatic heterocycles. The molecule has 0 N–H and O–H groups in total. The number of rotatable bonds is 2. The molecule has 76 valence electrons. The molecule has 0 amide bonds. The Morgan fingerprint density at radius 2 is 1.00 bits per heavy atom. The van der Waals surface area contributed by atoms with Crippen molar-refractivity contribution >= 4 is 29.8 Å². The van der Waals surface area contributed by atoms with Crippen molar-refractivity contribution in [3.63, 3.8) is 0 Å². The molecule has 1 nitrogen and oxygen atoms in total. The van der Waals surface area contributed by atoms with Gasteiger partial charge in [0.05, 0.1) is 0 Å². The molecule has 0 saturated carbocycles. The number of halogens is 1. The summed E-state index contributed by atoms with van der Waals surface area (Å²) in [4.78, 5) is 11.8.